The van der Waals surface area contributed by atoms with E-state index in [2.05, 4.69) is 63.5 Å². The van der Waals surface area contributed by atoms with Crippen molar-refractivity contribution >= 4 is 45.9 Å². The molecule has 0 atom stereocenters. The van der Waals surface area contributed by atoms with Crippen molar-refractivity contribution in [2.24, 2.45) is 4.99 Å². The number of aryl methyl sites for hydroxylation is 1. The Morgan fingerprint density at radius 3 is 2.71 bits per heavy atom. The molecule has 2 rings (SSSR count). The molecule has 1 heterocycles. The number of halogens is 2. The molecule has 0 amide bonds. The highest BCUT2D eigenvalue weighted by Crippen LogP contribution is 2.16. The number of nitrogens with one attached hydrogen (secondary N) is 2. The molecule has 24 heavy (non-hydrogen) atoms. The monoisotopic (exact) mass is 510 g/mol. The second-order valence-electron chi connectivity index (χ2n) is 5.65. The minimum absolute atomic E-state index is 0. The number of morpholine rings is 1. The van der Waals surface area contributed by atoms with E-state index in [1.165, 1.54) is 11.1 Å². The number of benzene rings is 1. The van der Waals surface area contributed by atoms with E-state index in [1.807, 2.05) is 0 Å². The number of hydrogen-bond acceptors (Lipinski definition) is 3. The van der Waals surface area contributed by atoms with E-state index in [1.54, 1.807) is 0 Å². The van der Waals surface area contributed by atoms with Crippen LogP contribution in [-0.4, -0.2) is 56.8 Å². The van der Waals surface area contributed by atoms with Crippen LogP contribution >= 0.6 is 39.9 Å². The largest absolute Gasteiger partial charge is 0.379 e. The molecule has 1 aromatic rings. The van der Waals surface area contributed by atoms with E-state index in [0.717, 1.165) is 56.4 Å². The zero-order chi connectivity index (χ0) is 16.5. The highest BCUT2D eigenvalue weighted by molar-refractivity contribution is 14.0. The second kappa shape index (κ2) is 12.1. The zero-order valence-corrected chi connectivity index (χ0v) is 18.4. The Labute approximate surface area is 170 Å². The molecule has 0 bridgehead atoms. The van der Waals surface area contributed by atoms with Gasteiger partial charge in [0.2, 0.25) is 0 Å². The molecule has 0 spiro atoms. The first kappa shape index (κ1) is 21.7. The lowest BCUT2D eigenvalue weighted by molar-refractivity contribution is 0.0389. The molecule has 2 N–H and O–H groups in total. The Kier molecular flexibility index (Phi) is 10.9. The molecule has 1 aliphatic rings. The molecular weight excluding hydrogens is 483 g/mol. The molecule has 1 fully saturated rings. The number of nitrogens with zero attached hydrogens (tertiary/aromatic N) is 2. The van der Waals surface area contributed by atoms with Crippen LogP contribution in [0.25, 0.3) is 0 Å². The summed E-state index contributed by atoms with van der Waals surface area (Å²) >= 11 is 3.50. The van der Waals surface area contributed by atoms with Gasteiger partial charge in [-0.1, -0.05) is 22.0 Å². The maximum absolute atomic E-state index is 5.37. The third-order valence-electron chi connectivity index (χ3n) is 3.88. The standard InChI is InChI=1S/C17H27BrN4O.HI/c1-3-19-17(20-6-7-22-8-10-23-11-9-22)21-13-15-4-5-16(18)12-14(15)2;/h4-5,12H,3,6-11,13H2,1-2H3,(H2,19,20,21);1H. The molecule has 7 heteroatoms. The van der Waals surface area contributed by atoms with Gasteiger partial charge in [0, 0.05) is 37.2 Å². The van der Waals surface area contributed by atoms with Gasteiger partial charge in [0.15, 0.2) is 5.96 Å². The topological polar surface area (TPSA) is 48.9 Å². The van der Waals surface area contributed by atoms with Crippen molar-refractivity contribution in [1.82, 2.24) is 15.5 Å². The SMILES string of the molecule is CCNC(=NCc1ccc(Br)cc1C)NCCN1CCOCC1.I. The molecular formula is C17H28BrIN4O. The lowest BCUT2D eigenvalue weighted by atomic mass is 10.1. The van der Waals surface area contributed by atoms with Crippen LogP contribution in [0.15, 0.2) is 27.7 Å². The van der Waals surface area contributed by atoms with Gasteiger partial charge in [-0.25, -0.2) is 4.99 Å². The van der Waals surface area contributed by atoms with Crippen molar-refractivity contribution in [2.45, 2.75) is 20.4 Å². The minimum atomic E-state index is 0. The smallest absolute Gasteiger partial charge is 0.191 e. The molecule has 5 nitrogen and oxygen atoms in total. The van der Waals surface area contributed by atoms with Crippen molar-refractivity contribution in [3.63, 3.8) is 0 Å². The summed E-state index contributed by atoms with van der Waals surface area (Å²) in [6.45, 7) is 11.4. The molecule has 1 saturated heterocycles. The van der Waals surface area contributed by atoms with Crippen LogP contribution in [0, 0.1) is 6.92 Å². The van der Waals surface area contributed by atoms with Crippen molar-refractivity contribution in [3.05, 3.63) is 33.8 Å². The van der Waals surface area contributed by atoms with E-state index in [4.69, 9.17) is 9.73 Å². The van der Waals surface area contributed by atoms with Gasteiger partial charge in [0.1, 0.15) is 0 Å². The van der Waals surface area contributed by atoms with Crippen LogP contribution < -0.4 is 10.6 Å². The molecule has 0 aliphatic carbocycles. The molecule has 0 saturated carbocycles. The van der Waals surface area contributed by atoms with Crippen LogP contribution in [-0.2, 0) is 11.3 Å². The summed E-state index contributed by atoms with van der Waals surface area (Å²) < 4.78 is 6.48. The lowest BCUT2D eigenvalue weighted by Gasteiger charge is -2.26. The number of ether oxygens (including phenoxy) is 1. The summed E-state index contributed by atoms with van der Waals surface area (Å²) in [7, 11) is 0. The maximum Gasteiger partial charge on any atom is 0.191 e. The highest BCUT2D eigenvalue weighted by atomic mass is 127. The van der Waals surface area contributed by atoms with Crippen LogP contribution in [0.4, 0.5) is 0 Å². The van der Waals surface area contributed by atoms with Gasteiger partial charge in [-0.15, -0.1) is 24.0 Å². The molecule has 1 aliphatic heterocycles. The summed E-state index contributed by atoms with van der Waals surface area (Å²) in [6.07, 6.45) is 0. The summed E-state index contributed by atoms with van der Waals surface area (Å²) in [4.78, 5) is 7.11. The number of hydrogen-bond donors (Lipinski definition) is 2. The quantitative estimate of drug-likeness (QED) is 0.351. The van der Waals surface area contributed by atoms with Gasteiger partial charge < -0.3 is 15.4 Å². The molecule has 0 aromatic heterocycles. The third-order valence-corrected chi connectivity index (χ3v) is 4.37. The predicted octanol–water partition coefficient (Wildman–Crippen LogP) is 2.76. The van der Waals surface area contributed by atoms with E-state index in [-0.39, 0.29) is 24.0 Å². The van der Waals surface area contributed by atoms with Crippen LogP contribution in [0.3, 0.4) is 0 Å². The van der Waals surface area contributed by atoms with Crippen molar-refractivity contribution < 1.29 is 4.74 Å². The lowest BCUT2D eigenvalue weighted by Crippen LogP contribution is -2.44. The molecule has 136 valence electrons. The molecule has 0 radical (unpaired) electrons. The predicted molar refractivity (Wildman–Crippen MR) is 114 cm³/mol. The van der Waals surface area contributed by atoms with Gasteiger partial charge >= 0.3 is 0 Å². The Morgan fingerprint density at radius 2 is 2.04 bits per heavy atom. The average molecular weight is 511 g/mol. The van der Waals surface area contributed by atoms with Gasteiger partial charge in [-0.3, -0.25) is 4.90 Å². The first-order valence-electron chi connectivity index (χ1n) is 8.26. The second-order valence-corrected chi connectivity index (χ2v) is 6.56. The van der Waals surface area contributed by atoms with E-state index < -0.39 is 0 Å². The Hall–Kier alpha value is -0.380. The first-order valence-corrected chi connectivity index (χ1v) is 9.05. The van der Waals surface area contributed by atoms with Crippen LogP contribution in [0.2, 0.25) is 0 Å². The molecule has 1 aromatic carbocycles. The fourth-order valence-corrected chi connectivity index (χ4v) is 2.98. The van der Waals surface area contributed by atoms with E-state index in [0.29, 0.717) is 6.54 Å². The maximum atomic E-state index is 5.37. The van der Waals surface area contributed by atoms with Gasteiger partial charge in [-0.05, 0) is 37.1 Å². The number of aliphatic imine (C=N–C) groups is 1. The number of guanidine groups is 1. The van der Waals surface area contributed by atoms with E-state index in [9.17, 15) is 0 Å². The normalized spacial score (nSPS) is 15.7. The Morgan fingerprint density at radius 1 is 1.29 bits per heavy atom. The summed E-state index contributed by atoms with van der Waals surface area (Å²) in [5, 5.41) is 6.72. The van der Waals surface area contributed by atoms with Gasteiger partial charge in [-0.2, -0.15) is 0 Å². The molecule has 0 unspecified atom stereocenters. The fraction of sp³-hybridized carbons (Fsp3) is 0.588. The summed E-state index contributed by atoms with van der Waals surface area (Å²) in [6, 6.07) is 6.32. The third kappa shape index (κ3) is 7.67. The van der Waals surface area contributed by atoms with Crippen molar-refractivity contribution in [3.8, 4) is 0 Å². The van der Waals surface area contributed by atoms with Crippen molar-refractivity contribution in [1.29, 1.82) is 0 Å². The Bertz CT molecular complexity index is 521. The minimum Gasteiger partial charge on any atom is -0.379 e. The number of rotatable bonds is 6. The van der Waals surface area contributed by atoms with Crippen LogP contribution in [0.1, 0.15) is 18.1 Å². The summed E-state index contributed by atoms with van der Waals surface area (Å²) in [5.41, 5.74) is 2.51. The van der Waals surface area contributed by atoms with E-state index >= 15 is 0 Å². The average Bonchev–Trinajstić information content (AvgIpc) is 2.55. The van der Waals surface area contributed by atoms with Gasteiger partial charge in [0.05, 0.1) is 19.8 Å². The Balaban J connectivity index is 0.00000288. The fourth-order valence-electron chi connectivity index (χ4n) is 2.50. The van der Waals surface area contributed by atoms with Crippen molar-refractivity contribution in [2.75, 3.05) is 45.9 Å². The van der Waals surface area contributed by atoms with Crippen LogP contribution in [0.5, 0.6) is 0 Å². The summed E-state index contributed by atoms with van der Waals surface area (Å²) in [5.74, 6) is 0.878. The first-order chi connectivity index (χ1) is 11.2. The van der Waals surface area contributed by atoms with Gasteiger partial charge in [0.25, 0.3) is 0 Å². The zero-order valence-electron chi connectivity index (χ0n) is 14.5. The highest BCUT2D eigenvalue weighted by Gasteiger charge is 2.09.